The monoisotopic (exact) mass is 349 g/mol. The summed E-state index contributed by atoms with van der Waals surface area (Å²) in [7, 11) is 0. The van der Waals surface area contributed by atoms with E-state index in [4.69, 9.17) is 0 Å². The van der Waals surface area contributed by atoms with Crippen LogP contribution in [-0.4, -0.2) is 60.2 Å². The van der Waals surface area contributed by atoms with E-state index in [0.717, 1.165) is 19.4 Å². The van der Waals surface area contributed by atoms with Crippen molar-refractivity contribution < 1.29 is 18.8 Å². The molecule has 0 unspecified atom stereocenters. The van der Waals surface area contributed by atoms with Crippen molar-refractivity contribution in [2.75, 3.05) is 32.7 Å². The Morgan fingerprint density at radius 1 is 1.20 bits per heavy atom. The number of piperazine rings is 1. The molecule has 1 aliphatic rings. The lowest BCUT2D eigenvalue weighted by molar-refractivity contribution is -0.145. The second-order valence-corrected chi connectivity index (χ2v) is 6.06. The van der Waals surface area contributed by atoms with Crippen LogP contribution >= 0.6 is 0 Å². The fourth-order valence-corrected chi connectivity index (χ4v) is 2.65. The van der Waals surface area contributed by atoms with Crippen molar-refractivity contribution in [2.24, 2.45) is 0 Å². The molecule has 0 atom stereocenters. The Morgan fingerprint density at radius 2 is 1.92 bits per heavy atom. The second kappa shape index (κ2) is 9.15. The van der Waals surface area contributed by atoms with Crippen molar-refractivity contribution in [3.63, 3.8) is 0 Å². The highest BCUT2D eigenvalue weighted by atomic mass is 19.1. The number of nitrogens with zero attached hydrogens (tertiary/aromatic N) is 2. The zero-order chi connectivity index (χ0) is 18.2. The largest absolute Gasteiger partial charge is 0.352 e. The van der Waals surface area contributed by atoms with Gasteiger partial charge in [0, 0.05) is 38.2 Å². The Hall–Kier alpha value is -2.44. The van der Waals surface area contributed by atoms with Gasteiger partial charge in [-0.05, 0) is 30.7 Å². The molecule has 1 aromatic carbocycles. The second-order valence-electron chi connectivity index (χ2n) is 6.06. The summed E-state index contributed by atoms with van der Waals surface area (Å²) in [6.45, 7) is 4.19. The molecule has 136 valence electrons. The van der Waals surface area contributed by atoms with Crippen molar-refractivity contribution in [1.82, 2.24) is 15.1 Å². The molecule has 1 heterocycles. The van der Waals surface area contributed by atoms with Crippen LogP contribution in [0.1, 0.15) is 36.5 Å². The molecule has 0 aliphatic carbocycles. The van der Waals surface area contributed by atoms with Crippen LogP contribution in [-0.2, 0) is 9.59 Å². The minimum Gasteiger partial charge on any atom is -0.352 e. The molecule has 0 aromatic heterocycles. The molecule has 1 aromatic rings. The zero-order valence-corrected chi connectivity index (χ0v) is 14.5. The molecule has 1 aliphatic heterocycles. The third-order valence-corrected chi connectivity index (χ3v) is 4.18. The van der Waals surface area contributed by atoms with Crippen LogP contribution in [0, 0.1) is 5.82 Å². The summed E-state index contributed by atoms with van der Waals surface area (Å²) in [5, 5.41) is 2.63. The van der Waals surface area contributed by atoms with Gasteiger partial charge in [0.25, 0.3) is 5.91 Å². The molecular weight excluding hydrogens is 325 g/mol. The number of hydrogen-bond acceptors (Lipinski definition) is 3. The van der Waals surface area contributed by atoms with Crippen LogP contribution < -0.4 is 5.32 Å². The quantitative estimate of drug-likeness (QED) is 0.809. The van der Waals surface area contributed by atoms with Gasteiger partial charge in [-0.1, -0.05) is 13.3 Å². The van der Waals surface area contributed by atoms with Crippen molar-refractivity contribution in [3.8, 4) is 0 Å². The first kappa shape index (κ1) is 18.9. The number of unbranched alkanes of at least 4 members (excludes halogenated alkanes) is 1. The lowest BCUT2D eigenvalue weighted by Crippen LogP contribution is -2.52. The molecule has 0 radical (unpaired) electrons. The highest BCUT2D eigenvalue weighted by molar-refractivity contribution is 5.94. The van der Waals surface area contributed by atoms with E-state index < -0.39 is 5.82 Å². The first-order chi connectivity index (χ1) is 12.0. The van der Waals surface area contributed by atoms with Crippen molar-refractivity contribution in [2.45, 2.75) is 26.2 Å². The molecule has 6 nitrogen and oxygen atoms in total. The number of halogens is 1. The zero-order valence-electron chi connectivity index (χ0n) is 14.5. The number of amides is 3. The Morgan fingerprint density at radius 3 is 2.56 bits per heavy atom. The number of hydrogen-bond donors (Lipinski definition) is 1. The van der Waals surface area contributed by atoms with Crippen LogP contribution in [0.4, 0.5) is 4.39 Å². The number of carbonyl (C=O) groups excluding carboxylic acids is 3. The van der Waals surface area contributed by atoms with E-state index in [1.807, 2.05) is 0 Å². The van der Waals surface area contributed by atoms with Gasteiger partial charge in [0.1, 0.15) is 5.82 Å². The van der Waals surface area contributed by atoms with E-state index >= 15 is 0 Å². The third-order valence-electron chi connectivity index (χ3n) is 4.18. The predicted molar refractivity (Wildman–Crippen MR) is 91.4 cm³/mol. The minimum atomic E-state index is -0.408. The van der Waals surface area contributed by atoms with E-state index in [1.165, 1.54) is 29.2 Å². The summed E-state index contributed by atoms with van der Waals surface area (Å²) in [4.78, 5) is 39.4. The number of benzene rings is 1. The molecule has 1 fully saturated rings. The van der Waals surface area contributed by atoms with Crippen molar-refractivity contribution in [3.05, 3.63) is 35.6 Å². The average Bonchev–Trinajstić information content (AvgIpc) is 2.61. The summed E-state index contributed by atoms with van der Waals surface area (Å²) < 4.78 is 12.8. The Bertz CT molecular complexity index is 618. The molecule has 0 bridgehead atoms. The van der Waals surface area contributed by atoms with Gasteiger partial charge in [-0.25, -0.2) is 4.39 Å². The minimum absolute atomic E-state index is 0.0246. The van der Waals surface area contributed by atoms with Crippen molar-refractivity contribution >= 4 is 17.7 Å². The number of rotatable bonds is 7. The number of carbonyl (C=O) groups is 3. The average molecular weight is 349 g/mol. The van der Waals surface area contributed by atoms with Crippen LogP contribution in [0.25, 0.3) is 0 Å². The molecule has 25 heavy (non-hydrogen) atoms. The lowest BCUT2D eigenvalue weighted by Gasteiger charge is -2.34. The Kier molecular flexibility index (Phi) is 6.91. The first-order valence-electron chi connectivity index (χ1n) is 8.60. The maximum absolute atomic E-state index is 12.8. The smallest absolute Gasteiger partial charge is 0.251 e. The Labute approximate surface area is 147 Å². The lowest BCUT2D eigenvalue weighted by atomic mass is 10.2. The molecular formula is C18H24FN3O3. The van der Waals surface area contributed by atoms with Crippen LogP contribution in [0.5, 0.6) is 0 Å². The van der Waals surface area contributed by atoms with Crippen molar-refractivity contribution in [1.29, 1.82) is 0 Å². The summed E-state index contributed by atoms with van der Waals surface area (Å²) >= 11 is 0. The highest BCUT2D eigenvalue weighted by Gasteiger charge is 2.26. The van der Waals surface area contributed by atoms with Gasteiger partial charge < -0.3 is 15.1 Å². The van der Waals surface area contributed by atoms with Crippen LogP contribution in [0.15, 0.2) is 24.3 Å². The normalized spacial score (nSPS) is 14.6. The first-order valence-corrected chi connectivity index (χ1v) is 8.60. The van der Waals surface area contributed by atoms with Gasteiger partial charge in [-0.15, -0.1) is 0 Å². The summed E-state index contributed by atoms with van der Waals surface area (Å²) in [5.41, 5.74) is 0.341. The van der Waals surface area contributed by atoms with Gasteiger partial charge >= 0.3 is 0 Å². The molecule has 1 saturated heterocycles. The van der Waals surface area contributed by atoms with Gasteiger partial charge in [0.2, 0.25) is 11.8 Å². The molecule has 2 rings (SSSR count). The van der Waals surface area contributed by atoms with Gasteiger partial charge in [0.15, 0.2) is 0 Å². The maximum Gasteiger partial charge on any atom is 0.251 e. The molecule has 1 N–H and O–H groups in total. The Balaban J connectivity index is 1.73. The van der Waals surface area contributed by atoms with E-state index in [9.17, 15) is 18.8 Å². The maximum atomic E-state index is 12.8. The third kappa shape index (κ3) is 5.55. The van der Waals surface area contributed by atoms with Crippen LogP contribution in [0.2, 0.25) is 0 Å². The molecule has 7 heteroatoms. The topological polar surface area (TPSA) is 69.7 Å². The fourth-order valence-electron chi connectivity index (χ4n) is 2.65. The molecule has 0 saturated carbocycles. The molecule has 3 amide bonds. The van der Waals surface area contributed by atoms with Gasteiger partial charge in [-0.2, -0.15) is 0 Å². The molecule has 0 spiro atoms. The SMILES string of the molecule is CCCCN1CCN(C(=O)CCNC(=O)c2ccc(F)cc2)CC1=O. The van der Waals surface area contributed by atoms with E-state index in [1.54, 1.807) is 4.90 Å². The highest BCUT2D eigenvalue weighted by Crippen LogP contribution is 2.07. The number of nitrogens with one attached hydrogen (secondary N) is 1. The fraction of sp³-hybridized carbons (Fsp3) is 0.500. The van der Waals surface area contributed by atoms with E-state index in [-0.39, 0.29) is 37.2 Å². The summed E-state index contributed by atoms with van der Waals surface area (Å²) in [6.07, 6.45) is 2.13. The predicted octanol–water partition coefficient (Wildman–Crippen LogP) is 1.42. The summed E-state index contributed by atoms with van der Waals surface area (Å²) in [6, 6.07) is 5.20. The van der Waals surface area contributed by atoms with Gasteiger partial charge in [-0.3, -0.25) is 14.4 Å². The summed E-state index contributed by atoms with van der Waals surface area (Å²) in [5.74, 6) is -0.936. The van der Waals surface area contributed by atoms with E-state index in [0.29, 0.717) is 18.7 Å². The van der Waals surface area contributed by atoms with E-state index in [2.05, 4.69) is 12.2 Å². The standard InChI is InChI=1S/C18H24FN3O3/c1-2-3-10-21-11-12-22(13-17(21)24)16(23)8-9-20-18(25)14-4-6-15(19)7-5-14/h4-7H,2-3,8-13H2,1H3,(H,20,25). The van der Waals surface area contributed by atoms with Crippen LogP contribution in [0.3, 0.4) is 0 Å². The van der Waals surface area contributed by atoms with Gasteiger partial charge in [0.05, 0.1) is 6.54 Å².